The smallest absolute Gasteiger partial charge is 0.327 e. The number of halogens is 4. The maximum Gasteiger partial charge on any atom is 0.451 e. The van der Waals surface area contributed by atoms with Gasteiger partial charge in [0.05, 0.1) is 0 Å². The van der Waals surface area contributed by atoms with Crippen LogP contribution in [0, 0.1) is 6.92 Å². The summed E-state index contributed by atoms with van der Waals surface area (Å²) in [6.45, 7) is 7.94. The van der Waals surface area contributed by atoms with Crippen molar-refractivity contribution in [2.24, 2.45) is 5.10 Å². The third-order valence-corrected chi connectivity index (χ3v) is 4.31. The van der Waals surface area contributed by atoms with Crippen LogP contribution < -0.4 is 5.43 Å². The van der Waals surface area contributed by atoms with Crippen LogP contribution in [0.4, 0.5) is 13.2 Å². The molecule has 3 rings (SSSR count). The fourth-order valence-corrected chi connectivity index (χ4v) is 3.14. The van der Waals surface area contributed by atoms with Gasteiger partial charge in [0.15, 0.2) is 0 Å². The minimum atomic E-state index is -4.41. The summed E-state index contributed by atoms with van der Waals surface area (Å²) in [5, 5.41) is 3.44. The molecule has 0 bridgehead atoms. The minimum Gasteiger partial charge on any atom is -0.327 e. The molecule has 0 amide bonds. The SMILES string of the molecule is CC.Cc1nc(Br)ccc1CN1CCN2C(C(F)(F)F)=NNC2C1. The molecule has 134 valence electrons. The summed E-state index contributed by atoms with van der Waals surface area (Å²) in [5.41, 5.74) is 4.58. The Morgan fingerprint density at radius 1 is 1.29 bits per heavy atom. The van der Waals surface area contributed by atoms with Crippen LogP contribution in [-0.2, 0) is 6.54 Å². The largest absolute Gasteiger partial charge is 0.451 e. The molecule has 2 aliphatic rings. The summed E-state index contributed by atoms with van der Waals surface area (Å²) in [7, 11) is 0. The molecule has 0 spiro atoms. The molecule has 9 heteroatoms. The van der Waals surface area contributed by atoms with E-state index in [1.54, 1.807) is 0 Å². The van der Waals surface area contributed by atoms with Crippen molar-refractivity contribution in [2.45, 2.75) is 39.7 Å². The summed E-state index contributed by atoms with van der Waals surface area (Å²) < 4.78 is 39.3. The Morgan fingerprint density at radius 2 is 2.00 bits per heavy atom. The van der Waals surface area contributed by atoms with Gasteiger partial charge in [-0.3, -0.25) is 10.3 Å². The van der Waals surface area contributed by atoms with Crippen molar-refractivity contribution in [1.29, 1.82) is 0 Å². The summed E-state index contributed by atoms with van der Waals surface area (Å²) in [6.07, 6.45) is -4.83. The van der Waals surface area contributed by atoms with Crippen LogP contribution >= 0.6 is 15.9 Å². The average Bonchev–Trinajstić information content (AvgIpc) is 2.95. The lowest BCUT2D eigenvalue weighted by Gasteiger charge is -2.38. The molecular weight excluding hydrogens is 387 g/mol. The first-order chi connectivity index (χ1) is 11.3. The maximum absolute atomic E-state index is 12.8. The Bertz CT molecular complexity index is 605. The summed E-state index contributed by atoms with van der Waals surface area (Å²) >= 11 is 3.32. The minimum absolute atomic E-state index is 0.305. The first-order valence-electron chi connectivity index (χ1n) is 7.86. The van der Waals surface area contributed by atoms with Gasteiger partial charge in [0.25, 0.3) is 0 Å². The highest BCUT2D eigenvalue weighted by molar-refractivity contribution is 9.10. The molecule has 0 radical (unpaired) electrons. The molecule has 1 N–H and O–H groups in total. The van der Waals surface area contributed by atoms with Gasteiger partial charge in [-0.1, -0.05) is 19.9 Å². The first kappa shape index (κ1) is 19.0. The van der Waals surface area contributed by atoms with Crippen molar-refractivity contribution < 1.29 is 13.2 Å². The van der Waals surface area contributed by atoms with E-state index in [1.165, 1.54) is 4.90 Å². The molecular formula is C15H21BrF3N5. The number of alkyl halides is 3. The lowest BCUT2D eigenvalue weighted by molar-refractivity contribution is -0.0709. The van der Waals surface area contributed by atoms with Gasteiger partial charge < -0.3 is 4.90 Å². The van der Waals surface area contributed by atoms with Gasteiger partial charge in [0.2, 0.25) is 5.84 Å². The van der Waals surface area contributed by atoms with E-state index in [2.05, 4.69) is 36.3 Å². The van der Waals surface area contributed by atoms with Gasteiger partial charge >= 0.3 is 6.18 Å². The van der Waals surface area contributed by atoms with Crippen LogP contribution in [0.25, 0.3) is 0 Å². The van der Waals surface area contributed by atoms with E-state index in [0.29, 0.717) is 26.2 Å². The van der Waals surface area contributed by atoms with Gasteiger partial charge in [-0.25, -0.2) is 4.98 Å². The highest BCUT2D eigenvalue weighted by atomic mass is 79.9. The number of piperazine rings is 1. The van der Waals surface area contributed by atoms with Crippen LogP contribution in [0.1, 0.15) is 25.1 Å². The molecule has 5 nitrogen and oxygen atoms in total. The van der Waals surface area contributed by atoms with Crippen LogP contribution in [0.15, 0.2) is 21.8 Å². The Morgan fingerprint density at radius 3 is 2.62 bits per heavy atom. The Balaban J connectivity index is 0.00000100. The third-order valence-electron chi connectivity index (χ3n) is 3.86. The second-order valence-corrected chi connectivity index (χ2v) is 6.20. The van der Waals surface area contributed by atoms with Gasteiger partial charge in [-0.15, -0.1) is 0 Å². The highest BCUT2D eigenvalue weighted by Crippen LogP contribution is 2.26. The van der Waals surface area contributed by atoms with Crippen molar-refractivity contribution in [3.8, 4) is 0 Å². The number of hydrogen-bond acceptors (Lipinski definition) is 5. The van der Waals surface area contributed by atoms with Crippen molar-refractivity contribution in [2.75, 3.05) is 19.6 Å². The van der Waals surface area contributed by atoms with Crippen molar-refractivity contribution in [1.82, 2.24) is 20.2 Å². The van der Waals surface area contributed by atoms with Gasteiger partial charge in [-0.05, 0) is 34.5 Å². The number of aromatic nitrogens is 1. The number of hydrazone groups is 1. The number of rotatable bonds is 2. The van der Waals surface area contributed by atoms with Crippen LogP contribution in [0.2, 0.25) is 0 Å². The van der Waals surface area contributed by atoms with Crippen LogP contribution in [0.3, 0.4) is 0 Å². The van der Waals surface area contributed by atoms with Gasteiger partial charge in [-0.2, -0.15) is 18.3 Å². The lowest BCUT2D eigenvalue weighted by atomic mass is 10.1. The van der Waals surface area contributed by atoms with Crippen LogP contribution in [-0.4, -0.2) is 52.6 Å². The normalized spacial score (nSPS) is 20.7. The van der Waals surface area contributed by atoms with Crippen LogP contribution in [0.5, 0.6) is 0 Å². The van der Waals surface area contributed by atoms with E-state index >= 15 is 0 Å². The van der Waals surface area contributed by atoms with E-state index < -0.39 is 18.2 Å². The molecule has 0 aliphatic carbocycles. The molecule has 0 aromatic carbocycles. The molecule has 2 aliphatic heterocycles. The standard InChI is InChI=1S/C13H15BrF3N5.C2H6/c1-8-9(2-3-10(14)18-8)6-21-4-5-22-11(7-21)19-20-12(22)13(15,16)17;1-2/h2-3,11,19H,4-7H2,1H3;1-2H3. The summed E-state index contributed by atoms with van der Waals surface area (Å²) in [4.78, 5) is 7.75. The quantitative estimate of drug-likeness (QED) is 0.764. The second-order valence-electron chi connectivity index (χ2n) is 5.39. The molecule has 1 aromatic rings. The van der Waals surface area contributed by atoms with E-state index in [9.17, 15) is 13.2 Å². The highest BCUT2D eigenvalue weighted by Gasteiger charge is 2.47. The number of pyridine rings is 1. The molecule has 3 heterocycles. The Hall–Kier alpha value is -1.35. The Labute approximate surface area is 148 Å². The molecule has 1 saturated heterocycles. The van der Waals surface area contributed by atoms with Crippen molar-refractivity contribution in [3.05, 3.63) is 28.0 Å². The zero-order chi connectivity index (χ0) is 17.9. The van der Waals surface area contributed by atoms with Gasteiger partial charge in [0, 0.05) is 31.9 Å². The molecule has 1 unspecified atom stereocenters. The number of nitrogens with zero attached hydrogens (tertiary/aromatic N) is 4. The zero-order valence-electron chi connectivity index (χ0n) is 13.9. The topological polar surface area (TPSA) is 43.8 Å². The number of nitrogens with one attached hydrogen (secondary N) is 1. The summed E-state index contributed by atoms with van der Waals surface area (Å²) in [6, 6.07) is 3.86. The first-order valence-corrected chi connectivity index (χ1v) is 8.65. The average molecular weight is 408 g/mol. The fraction of sp³-hybridized carbons (Fsp3) is 0.600. The predicted molar refractivity (Wildman–Crippen MR) is 90.4 cm³/mol. The van der Waals surface area contributed by atoms with Crippen molar-refractivity contribution in [3.63, 3.8) is 0 Å². The number of fused-ring (bicyclic) bond motifs is 1. The molecule has 0 saturated carbocycles. The summed E-state index contributed by atoms with van der Waals surface area (Å²) in [5.74, 6) is -0.821. The number of hydrogen-bond donors (Lipinski definition) is 1. The lowest BCUT2D eigenvalue weighted by Crippen LogP contribution is -2.57. The van der Waals surface area contributed by atoms with E-state index in [-0.39, 0.29) is 0 Å². The van der Waals surface area contributed by atoms with E-state index in [0.717, 1.165) is 15.9 Å². The maximum atomic E-state index is 12.8. The third kappa shape index (κ3) is 4.18. The van der Waals surface area contributed by atoms with Crippen molar-refractivity contribution >= 4 is 21.8 Å². The number of aryl methyl sites for hydroxylation is 1. The van der Waals surface area contributed by atoms with Gasteiger partial charge in [0.1, 0.15) is 10.8 Å². The molecule has 1 atom stereocenters. The zero-order valence-corrected chi connectivity index (χ0v) is 15.4. The number of amidine groups is 1. The molecule has 24 heavy (non-hydrogen) atoms. The molecule has 1 aromatic heterocycles. The Kier molecular flexibility index (Phi) is 6.08. The second kappa shape index (κ2) is 7.69. The molecule has 1 fully saturated rings. The monoisotopic (exact) mass is 407 g/mol. The predicted octanol–water partition coefficient (Wildman–Crippen LogP) is 3.10. The van der Waals surface area contributed by atoms with E-state index in [4.69, 9.17) is 0 Å². The van der Waals surface area contributed by atoms with E-state index in [1.807, 2.05) is 32.9 Å². The fourth-order valence-electron chi connectivity index (χ4n) is 2.74.